The summed E-state index contributed by atoms with van der Waals surface area (Å²) in [6, 6.07) is 0. The molecule has 9 heavy (non-hydrogen) atoms. The third kappa shape index (κ3) is 4.40. The Hall–Kier alpha value is -0.110. The second-order valence-electron chi connectivity index (χ2n) is 2.36. The van der Waals surface area contributed by atoms with Gasteiger partial charge in [-0.15, -0.1) is 0 Å². The fraction of sp³-hybridized carbons (Fsp3) is 0.833. The van der Waals surface area contributed by atoms with Gasteiger partial charge in [0.1, 0.15) is 0 Å². The normalized spacial score (nSPS) is 13.9. The lowest BCUT2D eigenvalue weighted by atomic mass is 10.1. The van der Waals surface area contributed by atoms with Gasteiger partial charge in [-0.05, 0) is 5.92 Å². The van der Waals surface area contributed by atoms with Gasteiger partial charge in [0.15, 0.2) is 5.78 Å². The molecule has 0 N–H and O–H groups in total. The zero-order valence-electron chi connectivity index (χ0n) is 5.53. The zero-order chi connectivity index (χ0) is 7.44. The van der Waals surface area contributed by atoms with E-state index in [2.05, 4.69) is 0 Å². The molecule has 0 aromatic carbocycles. The molecule has 0 heterocycles. The van der Waals surface area contributed by atoms with Crippen molar-refractivity contribution >= 4 is 17.4 Å². The topological polar surface area (TPSA) is 17.1 Å². The van der Waals surface area contributed by atoms with Crippen molar-refractivity contribution in [3.8, 4) is 0 Å². The highest BCUT2D eigenvalue weighted by Gasteiger charge is 2.13. The number of Topliss-reactive ketones (excluding diaryl/α,β-unsaturated/α-hetero) is 1. The molecule has 0 amide bonds. The summed E-state index contributed by atoms with van der Waals surface area (Å²) in [6.45, 7) is 3.69. The highest BCUT2D eigenvalue weighted by molar-refractivity contribution is 6.29. The highest BCUT2D eigenvalue weighted by atomic mass is 35.5. The molecule has 0 radical (unpaired) electrons. The van der Waals surface area contributed by atoms with E-state index >= 15 is 0 Å². The van der Waals surface area contributed by atoms with Gasteiger partial charge in [0.2, 0.25) is 5.63 Å². The SMILES string of the molecule is CC(C)CC(=O)C(F)Cl. The summed E-state index contributed by atoms with van der Waals surface area (Å²) in [5.74, 6) is -0.332. The molecule has 0 spiro atoms. The van der Waals surface area contributed by atoms with Crippen molar-refractivity contribution in [2.75, 3.05) is 0 Å². The molecule has 1 atom stereocenters. The van der Waals surface area contributed by atoms with Crippen LogP contribution in [-0.2, 0) is 4.79 Å². The molecular weight excluding hydrogens is 143 g/mol. The molecule has 0 aliphatic carbocycles. The maximum absolute atomic E-state index is 11.9. The van der Waals surface area contributed by atoms with Gasteiger partial charge in [-0.2, -0.15) is 0 Å². The summed E-state index contributed by atoms with van der Waals surface area (Å²) in [7, 11) is 0. The number of carbonyl (C=O) groups is 1. The van der Waals surface area contributed by atoms with Crippen LogP contribution in [0.25, 0.3) is 0 Å². The first kappa shape index (κ1) is 8.89. The molecule has 0 fully saturated rings. The Morgan fingerprint density at radius 2 is 2.11 bits per heavy atom. The summed E-state index contributed by atoms with van der Waals surface area (Å²) < 4.78 is 11.9. The minimum absolute atomic E-state index is 0.189. The number of hydrogen-bond acceptors (Lipinski definition) is 1. The zero-order valence-corrected chi connectivity index (χ0v) is 6.28. The predicted molar refractivity (Wildman–Crippen MR) is 35.2 cm³/mol. The number of carbonyl (C=O) groups excluding carboxylic acids is 1. The van der Waals surface area contributed by atoms with E-state index in [9.17, 15) is 9.18 Å². The lowest BCUT2D eigenvalue weighted by Gasteiger charge is -2.01. The molecule has 0 aromatic heterocycles. The summed E-state index contributed by atoms with van der Waals surface area (Å²) in [4.78, 5) is 10.4. The Morgan fingerprint density at radius 1 is 1.67 bits per heavy atom. The van der Waals surface area contributed by atoms with E-state index in [0.717, 1.165) is 0 Å². The van der Waals surface area contributed by atoms with Gasteiger partial charge in [-0.1, -0.05) is 25.4 Å². The predicted octanol–water partition coefficient (Wildman–Crippen LogP) is 2.14. The fourth-order valence-electron chi connectivity index (χ4n) is 0.491. The molecule has 1 nitrogen and oxygen atoms in total. The third-order valence-electron chi connectivity index (χ3n) is 0.853. The Labute approximate surface area is 59.2 Å². The average molecular weight is 153 g/mol. The second kappa shape index (κ2) is 3.83. The van der Waals surface area contributed by atoms with Gasteiger partial charge in [0, 0.05) is 6.42 Å². The van der Waals surface area contributed by atoms with Crippen LogP contribution in [-0.4, -0.2) is 11.4 Å². The minimum atomic E-state index is -1.81. The molecule has 0 aliphatic rings. The second-order valence-corrected chi connectivity index (χ2v) is 2.75. The maximum atomic E-state index is 11.9. The first-order valence-corrected chi connectivity index (χ1v) is 3.28. The number of hydrogen-bond donors (Lipinski definition) is 0. The number of ketones is 1. The molecule has 0 bridgehead atoms. The van der Waals surface area contributed by atoms with Gasteiger partial charge < -0.3 is 0 Å². The quantitative estimate of drug-likeness (QED) is 0.567. The van der Waals surface area contributed by atoms with Crippen molar-refractivity contribution in [2.45, 2.75) is 25.9 Å². The van der Waals surface area contributed by atoms with Gasteiger partial charge in [-0.3, -0.25) is 4.79 Å². The Balaban J connectivity index is 3.51. The van der Waals surface area contributed by atoms with Gasteiger partial charge in [0.25, 0.3) is 0 Å². The lowest BCUT2D eigenvalue weighted by molar-refractivity contribution is -0.121. The van der Waals surface area contributed by atoms with Crippen molar-refractivity contribution < 1.29 is 9.18 Å². The van der Waals surface area contributed by atoms with E-state index in [1.807, 2.05) is 13.8 Å². The molecule has 0 saturated heterocycles. The molecule has 3 heteroatoms. The summed E-state index contributed by atoms with van der Waals surface area (Å²) in [5.41, 5.74) is -1.81. The van der Waals surface area contributed by atoms with E-state index in [-0.39, 0.29) is 12.3 Å². The first-order valence-electron chi connectivity index (χ1n) is 2.85. The third-order valence-corrected chi connectivity index (χ3v) is 1.10. The molecule has 1 unspecified atom stereocenters. The number of alkyl halides is 2. The van der Waals surface area contributed by atoms with Crippen molar-refractivity contribution in [2.24, 2.45) is 5.92 Å². The summed E-state index contributed by atoms with van der Waals surface area (Å²) in [5, 5.41) is 0. The van der Waals surface area contributed by atoms with Gasteiger partial charge >= 0.3 is 0 Å². The highest BCUT2D eigenvalue weighted by Crippen LogP contribution is 2.07. The van der Waals surface area contributed by atoms with Crippen LogP contribution < -0.4 is 0 Å². The van der Waals surface area contributed by atoms with Crippen LogP contribution >= 0.6 is 11.6 Å². The van der Waals surface area contributed by atoms with Gasteiger partial charge in [-0.25, -0.2) is 4.39 Å². The van der Waals surface area contributed by atoms with E-state index in [1.165, 1.54) is 0 Å². The minimum Gasteiger partial charge on any atom is -0.295 e. The Kier molecular flexibility index (Phi) is 3.78. The van der Waals surface area contributed by atoms with Crippen LogP contribution in [0, 0.1) is 5.92 Å². The van der Waals surface area contributed by atoms with Crippen LogP contribution in [0.5, 0.6) is 0 Å². The molecule has 0 saturated carbocycles. The molecule has 0 aromatic rings. The summed E-state index contributed by atoms with van der Waals surface area (Å²) in [6.07, 6.45) is 0.227. The maximum Gasteiger partial charge on any atom is 0.231 e. The van der Waals surface area contributed by atoms with E-state index < -0.39 is 11.4 Å². The van der Waals surface area contributed by atoms with Crippen molar-refractivity contribution in [3.63, 3.8) is 0 Å². The number of halogens is 2. The molecule has 0 rings (SSSR count). The smallest absolute Gasteiger partial charge is 0.231 e. The van der Waals surface area contributed by atoms with E-state index in [4.69, 9.17) is 11.6 Å². The lowest BCUT2D eigenvalue weighted by Crippen LogP contribution is -2.10. The Bertz CT molecular complexity index is 101. The Morgan fingerprint density at radius 3 is 2.22 bits per heavy atom. The van der Waals surface area contributed by atoms with Crippen molar-refractivity contribution in [1.82, 2.24) is 0 Å². The van der Waals surface area contributed by atoms with Crippen molar-refractivity contribution in [3.05, 3.63) is 0 Å². The van der Waals surface area contributed by atoms with E-state index in [1.54, 1.807) is 0 Å². The van der Waals surface area contributed by atoms with E-state index in [0.29, 0.717) is 0 Å². The first-order chi connectivity index (χ1) is 4.04. The largest absolute Gasteiger partial charge is 0.295 e. The molecular formula is C6H10ClFO. The van der Waals surface area contributed by atoms with Crippen LogP contribution in [0.4, 0.5) is 4.39 Å². The van der Waals surface area contributed by atoms with Crippen LogP contribution in [0.1, 0.15) is 20.3 Å². The number of rotatable bonds is 3. The fourth-order valence-corrected chi connectivity index (χ4v) is 0.581. The van der Waals surface area contributed by atoms with Crippen molar-refractivity contribution in [1.29, 1.82) is 0 Å². The molecule has 0 aliphatic heterocycles. The monoisotopic (exact) mass is 152 g/mol. The van der Waals surface area contributed by atoms with Gasteiger partial charge in [0.05, 0.1) is 0 Å². The van der Waals surface area contributed by atoms with Crippen LogP contribution in [0.2, 0.25) is 0 Å². The molecule has 54 valence electrons. The standard InChI is InChI=1S/C6H10ClFO/c1-4(2)3-5(9)6(7)8/h4,6H,3H2,1-2H3. The van der Waals surface area contributed by atoms with Crippen LogP contribution in [0.15, 0.2) is 0 Å². The van der Waals surface area contributed by atoms with Crippen LogP contribution in [0.3, 0.4) is 0 Å². The average Bonchev–Trinajstić information content (AvgIpc) is 1.63. The summed E-state index contributed by atoms with van der Waals surface area (Å²) >= 11 is 4.86.